The zero-order valence-corrected chi connectivity index (χ0v) is 20.4. The Morgan fingerprint density at radius 2 is 1.73 bits per heavy atom. The lowest BCUT2D eigenvalue weighted by atomic mass is 9.80. The van der Waals surface area contributed by atoms with E-state index in [4.69, 9.17) is 4.74 Å². The summed E-state index contributed by atoms with van der Waals surface area (Å²) in [6, 6.07) is 19.9. The van der Waals surface area contributed by atoms with Crippen molar-refractivity contribution in [2.24, 2.45) is 0 Å². The average Bonchev–Trinajstić information content (AvgIpc) is 2.87. The van der Waals surface area contributed by atoms with Crippen LogP contribution in [-0.2, 0) is 14.3 Å². The van der Waals surface area contributed by atoms with Crippen LogP contribution >= 0.6 is 0 Å². The minimum Gasteiger partial charge on any atom is -0.478 e. The van der Waals surface area contributed by atoms with E-state index in [9.17, 15) is 24.8 Å². The first-order chi connectivity index (χ1) is 17.8. The van der Waals surface area contributed by atoms with Crippen LogP contribution in [0.25, 0.3) is 16.8 Å². The van der Waals surface area contributed by atoms with Gasteiger partial charge in [-0.3, -0.25) is 10.1 Å². The Bertz CT molecular complexity index is 1480. The molecule has 0 aliphatic carbocycles. The molecule has 1 aliphatic rings. The molecule has 0 spiro atoms. The van der Waals surface area contributed by atoms with Crippen LogP contribution < -0.4 is 5.32 Å². The molecule has 0 bridgehead atoms. The van der Waals surface area contributed by atoms with Gasteiger partial charge in [0, 0.05) is 23.5 Å². The molecule has 37 heavy (non-hydrogen) atoms. The molecule has 0 radical (unpaired) electrons. The Labute approximate surface area is 213 Å². The average molecular weight is 499 g/mol. The first kappa shape index (κ1) is 25.4. The van der Waals surface area contributed by atoms with Crippen LogP contribution in [-0.4, -0.2) is 28.6 Å². The number of ether oxygens (including phenoxy) is 1. The van der Waals surface area contributed by atoms with Crippen molar-refractivity contribution < 1.29 is 24.4 Å². The van der Waals surface area contributed by atoms with Crippen LogP contribution in [0, 0.1) is 10.1 Å². The van der Waals surface area contributed by atoms with Crippen molar-refractivity contribution in [3.8, 4) is 0 Å². The van der Waals surface area contributed by atoms with Gasteiger partial charge < -0.3 is 15.2 Å². The minimum atomic E-state index is -1.22. The van der Waals surface area contributed by atoms with Crippen molar-refractivity contribution >= 4 is 34.5 Å². The monoisotopic (exact) mass is 498 g/mol. The number of nitro groups is 1. The molecule has 3 aromatic rings. The number of carboxylic acids is 1. The predicted molar refractivity (Wildman–Crippen MR) is 141 cm³/mol. The van der Waals surface area contributed by atoms with E-state index in [1.165, 1.54) is 18.2 Å². The third-order valence-corrected chi connectivity index (χ3v) is 6.23. The number of fused-ring (bicyclic) bond motifs is 1. The number of aliphatic carboxylic acids is 1. The van der Waals surface area contributed by atoms with Crippen molar-refractivity contribution in [2.45, 2.75) is 26.2 Å². The van der Waals surface area contributed by atoms with Crippen LogP contribution in [0.5, 0.6) is 0 Å². The van der Waals surface area contributed by atoms with Gasteiger partial charge in [0.2, 0.25) is 0 Å². The first-order valence-electron chi connectivity index (χ1n) is 11.7. The maximum absolute atomic E-state index is 13.2. The predicted octanol–water partition coefficient (Wildman–Crippen LogP) is 5.71. The number of hydrogen-bond donors (Lipinski definition) is 2. The van der Waals surface area contributed by atoms with Crippen LogP contribution in [0.1, 0.15) is 37.3 Å². The number of non-ortho nitro benzene ring substituents is 1. The molecular weight excluding hydrogens is 472 g/mol. The van der Waals surface area contributed by atoms with Gasteiger partial charge in [-0.15, -0.1) is 0 Å². The second kappa shape index (κ2) is 10.9. The standard InChI is InChI=1S/C29H26N2O6/c1-18-25(28(32)33)27(23-11-7-12-24(17-23)31(35)36)26(19(2)30-18)29(34)37-15-6-5-8-20-13-14-21-9-3-4-10-22(21)16-20/h3-5,7-14,16-17,27,30H,6,15H2,1-2H3,(H,32,33)/b8-5-. The van der Waals surface area contributed by atoms with Gasteiger partial charge in [-0.2, -0.15) is 0 Å². The fourth-order valence-corrected chi connectivity index (χ4v) is 4.53. The smallest absolute Gasteiger partial charge is 0.336 e. The lowest BCUT2D eigenvalue weighted by molar-refractivity contribution is -0.384. The molecule has 0 saturated carbocycles. The second-order valence-electron chi connectivity index (χ2n) is 8.73. The van der Waals surface area contributed by atoms with Gasteiger partial charge in [-0.1, -0.05) is 60.7 Å². The van der Waals surface area contributed by atoms with Crippen molar-refractivity contribution in [3.05, 3.63) is 117 Å². The summed E-state index contributed by atoms with van der Waals surface area (Å²) in [4.78, 5) is 36.1. The van der Waals surface area contributed by atoms with Gasteiger partial charge in [0.15, 0.2) is 0 Å². The van der Waals surface area contributed by atoms with Gasteiger partial charge in [0.05, 0.1) is 28.6 Å². The van der Waals surface area contributed by atoms with Gasteiger partial charge in [-0.25, -0.2) is 9.59 Å². The first-order valence-corrected chi connectivity index (χ1v) is 11.7. The number of nitro benzene ring substituents is 1. The zero-order valence-electron chi connectivity index (χ0n) is 20.4. The van der Waals surface area contributed by atoms with E-state index in [0.717, 1.165) is 16.3 Å². The molecule has 1 heterocycles. The molecule has 4 rings (SSSR count). The fraction of sp³-hybridized carbons (Fsp3) is 0.172. The molecule has 188 valence electrons. The highest BCUT2D eigenvalue weighted by Crippen LogP contribution is 2.39. The number of carbonyl (C=O) groups excluding carboxylic acids is 1. The van der Waals surface area contributed by atoms with E-state index in [2.05, 4.69) is 11.4 Å². The maximum atomic E-state index is 13.2. The van der Waals surface area contributed by atoms with Gasteiger partial charge in [-0.05, 0) is 48.2 Å². The molecular formula is C29H26N2O6. The van der Waals surface area contributed by atoms with Gasteiger partial charge in [0.25, 0.3) is 5.69 Å². The summed E-state index contributed by atoms with van der Waals surface area (Å²) in [5.74, 6) is -2.91. The lowest BCUT2D eigenvalue weighted by Gasteiger charge is -2.29. The third-order valence-electron chi connectivity index (χ3n) is 6.23. The van der Waals surface area contributed by atoms with Crippen molar-refractivity contribution in [3.63, 3.8) is 0 Å². The Balaban J connectivity index is 1.51. The van der Waals surface area contributed by atoms with Gasteiger partial charge >= 0.3 is 11.9 Å². The van der Waals surface area contributed by atoms with Gasteiger partial charge in [0.1, 0.15) is 0 Å². The van der Waals surface area contributed by atoms with Crippen molar-refractivity contribution in [1.82, 2.24) is 5.32 Å². The number of nitrogens with one attached hydrogen (secondary N) is 1. The number of rotatable bonds is 8. The number of carboxylic acid groups (broad SMARTS) is 1. The molecule has 8 nitrogen and oxygen atoms in total. The summed E-state index contributed by atoms with van der Waals surface area (Å²) < 4.78 is 5.52. The maximum Gasteiger partial charge on any atom is 0.336 e. The third kappa shape index (κ3) is 5.59. The number of benzene rings is 3. The number of nitrogens with zero attached hydrogens (tertiary/aromatic N) is 1. The minimum absolute atomic E-state index is 0.0609. The molecule has 0 aromatic heterocycles. The number of carbonyl (C=O) groups is 2. The molecule has 2 N–H and O–H groups in total. The molecule has 1 atom stereocenters. The molecule has 8 heteroatoms. The Morgan fingerprint density at radius 1 is 1.00 bits per heavy atom. The molecule has 1 unspecified atom stereocenters. The van der Waals surface area contributed by atoms with Crippen molar-refractivity contribution in [2.75, 3.05) is 6.61 Å². The molecule has 0 fully saturated rings. The normalized spacial score (nSPS) is 15.7. The SMILES string of the molecule is CC1=C(C(=O)O)C(c2cccc([N+](=O)[O-])c2)C(C(=O)OCC/C=C\c2ccc3ccccc3c2)=C(C)N1. The molecule has 1 aliphatic heterocycles. The second-order valence-corrected chi connectivity index (χ2v) is 8.73. The summed E-state index contributed by atoms with van der Waals surface area (Å²) in [6.45, 7) is 3.34. The van der Waals surface area contributed by atoms with E-state index in [1.54, 1.807) is 19.9 Å². The van der Waals surface area contributed by atoms with E-state index < -0.39 is 22.8 Å². The Kier molecular flexibility index (Phi) is 7.48. The quantitative estimate of drug-likeness (QED) is 0.177. The Hall–Kier alpha value is -4.72. The number of esters is 1. The molecule has 0 amide bonds. The van der Waals surface area contributed by atoms with E-state index in [1.807, 2.05) is 48.6 Å². The van der Waals surface area contributed by atoms with Crippen LogP contribution in [0.15, 0.2) is 95.3 Å². The largest absolute Gasteiger partial charge is 0.478 e. The van der Waals surface area contributed by atoms with E-state index in [-0.39, 0.29) is 23.4 Å². The van der Waals surface area contributed by atoms with E-state index >= 15 is 0 Å². The number of allylic oxidation sites excluding steroid dienone is 2. The number of dihydropyridines is 1. The van der Waals surface area contributed by atoms with Crippen LogP contribution in [0.3, 0.4) is 0 Å². The fourth-order valence-electron chi connectivity index (χ4n) is 4.53. The summed E-state index contributed by atoms with van der Waals surface area (Å²) in [6.07, 6.45) is 4.32. The van der Waals surface area contributed by atoms with Crippen LogP contribution in [0.2, 0.25) is 0 Å². The highest BCUT2D eigenvalue weighted by atomic mass is 16.6. The Morgan fingerprint density at radius 3 is 2.46 bits per heavy atom. The topological polar surface area (TPSA) is 119 Å². The molecule has 3 aromatic carbocycles. The zero-order chi connectivity index (χ0) is 26.5. The number of hydrogen-bond acceptors (Lipinski definition) is 6. The van der Waals surface area contributed by atoms with Crippen molar-refractivity contribution in [1.29, 1.82) is 0 Å². The summed E-state index contributed by atoms with van der Waals surface area (Å²) in [7, 11) is 0. The summed E-state index contributed by atoms with van der Waals surface area (Å²) >= 11 is 0. The highest BCUT2D eigenvalue weighted by Gasteiger charge is 2.37. The summed E-state index contributed by atoms with van der Waals surface area (Å²) in [5.41, 5.74) is 2.01. The lowest BCUT2D eigenvalue weighted by Crippen LogP contribution is -2.32. The van der Waals surface area contributed by atoms with Crippen LogP contribution in [0.4, 0.5) is 5.69 Å². The highest BCUT2D eigenvalue weighted by molar-refractivity contribution is 5.99. The van der Waals surface area contributed by atoms with E-state index in [0.29, 0.717) is 23.4 Å². The molecule has 0 saturated heterocycles. The summed E-state index contributed by atoms with van der Waals surface area (Å²) in [5, 5.41) is 26.5.